The van der Waals surface area contributed by atoms with Crippen LogP contribution >= 0.6 is 0 Å². The van der Waals surface area contributed by atoms with Crippen LogP contribution in [0.3, 0.4) is 0 Å². The predicted octanol–water partition coefficient (Wildman–Crippen LogP) is 1.96. The van der Waals surface area contributed by atoms with Crippen LogP contribution in [0.1, 0.15) is 40.5 Å². The third-order valence-corrected chi connectivity index (χ3v) is 2.63. The fourth-order valence-corrected chi connectivity index (χ4v) is 1.78. The lowest BCUT2D eigenvalue weighted by Crippen LogP contribution is -2.50. The zero-order valence-electron chi connectivity index (χ0n) is 10.6. The van der Waals surface area contributed by atoms with Crippen molar-refractivity contribution in [1.29, 1.82) is 0 Å². The van der Waals surface area contributed by atoms with E-state index in [9.17, 15) is 0 Å². The molecule has 0 radical (unpaired) electrons. The smallest absolute Gasteiger partial charge is 0.0645 e. The molecule has 3 nitrogen and oxygen atoms in total. The summed E-state index contributed by atoms with van der Waals surface area (Å²) in [5, 5.41) is 3.52. The Morgan fingerprint density at radius 1 is 1.40 bits per heavy atom. The maximum atomic E-state index is 5.66. The first kappa shape index (κ1) is 12.9. The summed E-state index contributed by atoms with van der Waals surface area (Å²) in [5.74, 6) is 0. The van der Waals surface area contributed by atoms with Crippen LogP contribution in [0, 0.1) is 0 Å². The molecule has 1 atom stereocenters. The van der Waals surface area contributed by atoms with Crippen molar-refractivity contribution in [1.82, 2.24) is 5.32 Å². The molecule has 0 saturated carbocycles. The average molecular weight is 215 g/mol. The van der Waals surface area contributed by atoms with E-state index in [4.69, 9.17) is 9.47 Å². The normalized spacial score (nSPS) is 28.0. The number of ether oxygens (including phenoxy) is 2. The Morgan fingerprint density at radius 3 is 2.67 bits per heavy atom. The van der Waals surface area contributed by atoms with E-state index in [0.717, 1.165) is 32.8 Å². The van der Waals surface area contributed by atoms with Crippen LogP contribution in [0.2, 0.25) is 0 Å². The second kappa shape index (κ2) is 5.28. The third kappa shape index (κ3) is 5.50. The maximum absolute atomic E-state index is 5.66. The monoisotopic (exact) mass is 215 g/mol. The van der Waals surface area contributed by atoms with Gasteiger partial charge in [-0.1, -0.05) is 0 Å². The van der Waals surface area contributed by atoms with Crippen molar-refractivity contribution >= 4 is 0 Å². The fourth-order valence-electron chi connectivity index (χ4n) is 1.78. The highest BCUT2D eigenvalue weighted by Gasteiger charge is 2.26. The molecule has 1 saturated heterocycles. The van der Waals surface area contributed by atoms with Gasteiger partial charge in [0.2, 0.25) is 0 Å². The first-order valence-electron chi connectivity index (χ1n) is 5.88. The van der Waals surface area contributed by atoms with E-state index in [0.29, 0.717) is 0 Å². The summed E-state index contributed by atoms with van der Waals surface area (Å²) in [4.78, 5) is 0. The SMILES string of the molecule is CC1(NCCOC(C)(C)C)CCCOC1. The molecule has 0 aromatic rings. The summed E-state index contributed by atoms with van der Waals surface area (Å²) in [5.41, 5.74) is 0.116. The molecule has 1 aliphatic heterocycles. The Morgan fingerprint density at radius 2 is 2.13 bits per heavy atom. The van der Waals surface area contributed by atoms with Crippen molar-refractivity contribution < 1.29 is 9.47 Å². The summed E-state index contributed by atoms with van der Waals surface area (Å²) < 4.78 is 11.1. The molecule has 0 aromatic carbocycles. The van der Waals surface area contributed by atoms with Crippen molar-refractivity contribution in [3.05, 3.63) is 0 Å². The summed E-state index contributed by atoms with van der Waals surface area (Å²) in [6, 6.07) is 0. The Hall–Kier alpha value is -0.120. The lowest BCUT2D eigenvalue weighted by molar-refractivity contribution is -0.0123. The highest BCUT2D eigenvalue weighted by atomic mass is 16.5. The summed E-state index contributed by atoms with van der Waals surface area (Å²) >= 11 is 0. The standard InChI is InChI=1S/C12H25NO2/c1-11(2,3)15-9-7-13-12(4)6-5-8-14-10-12/h13H,5-10H2,1-4H3. The summed E-state index contributed by atoms with van der Waals surface area (Å²) in [6.07, 6.45) is 2.35. The van der Waals surface area contributed by atoms with E-state index < -0.39 is 0 Å². The second-order valence-electron chi connectivity index (χ2n) is 5.60. The van der Waals surface area contributed by atoms with Crippen LogP contribution in [0.25, 0.3) is 0 Å². The largest absolute Gasteiger partial charge is 0.380 e. The molecule has 90 valence electrons. The van der Waals surface area contributed by atoms with Gasteiger partial charge in [0, 0.05) is 18.7 Å². The Labute approximate surface area is 93.5 Å². The van der Waals surface area contributed by atoms with Crippen LogP contribution in [-0.4, -0.2) is 37.5 Å². The number of hydrogen-bond acceptors (Lipinski definition) is 3. The van der Waals surface area contributed by atoms with Gasteiger partial charge in [-0.05, 0) is 40.5 Å². The Kier molecular flexibility index (Phi) is 4.56. The van der Waals surface area contributed by atoms with E-state index >= 15 is 0 Å². The molecule has 15 heavy (non-hydrogen) atoms. The van der Waals surface area contributed by atoms with E-state index in [1.807, 2.05) is 0 Å². The van der Waals surface area contributed by atoms with Gasteiger partial charge in [-0.2, -0.15) is 0 Å². The molecule has 1 aliphatic rings. The lowest BCUT2D eigenvalue weighted by Gasteiger charge is -2.34. The van der Waals surface area contributed by atoms with Gasteiger partial charge in [-0.25, -0.2) is 0 Å². The van der Waals surface area contributed by atoms with Crippen LogP contribution in [0.4, 0.5) is 0 Å². The molecule has 0 bridgehead atoms. The van der Waals surface area contributed by atoms with Gasteiger partial charge in [-0.15, -0.1) is 0 Å². The molecular weight excluding hydrogens is 190 g/mol. The minimum Gasteiger partial charge on any atom is -0.380 e. The number of nitrogens with one attached hydrogen (secondary N) is 1. The topological polar surface area (TPSA) is 30.5 Å². The molecular formula is C12H25NO2. The van der Waals surface area contributed by atoms with Crippen molar-refractivity contribution in [2.45, 2.75) is 51.7 Å². The van der Waals surface area contributed by atoms with Crippen molar-refractivity contribution in [3.63, 3.8) is 0 Å². The van der Waals surface area contributed by atoms with Crippen LogP contribution in [-0.2, 0) is 9.47 Å². The fraction of sp³-hybridized carbons (Fsp3) is 1.00. The molecule has 0 aliphatic carbocycles. The van der Waals surface area contributed by atoms with Crippen LogP contribution < -0.4 is 5.32 Å². The van der Waals surface area contributed by atoms with Gasteiger partial charge < -0.3 is 14.8 Å². The lowest BCUT2D eigenvalue weighted by atomic mass is 9.95. The van der Waals surface area contributed by atoms with E-state index in [1.165, 1.54) is 6.42 Å². The van der Waals surface area contributed by atoms with Crippen molar-refractivity contribution in [3.8, 4) is 0 Å². The highest BCUT2D eigenvalue weighted by Crippen LogP contribution is 2.17. The Bertz CT molecular complexity index is 181. The van der Waals surface area contributed by atoms with Crippen molar-refractivity contribution in [2.75, 3.05) is 26.4 Å². The minimum absolute atomic E-state index is 0.0361. The van der Waals surface area contributed by atoms with Crippen molar-refractivity contribution in [2.24, 2.45) is 0 Å². The predicted molar refractivity (Wildman–Crippen MR) is 62.2 cm³/mol. The third-order valence-electron chi connectivity index (χ3n) is 2.63. The average Bonchev–Trinajstić information content (AvgIpc) is 2.12. The first-order chi connectivity index (χ1) is 6.91. The van der Waals surface area contributed by atoms with Gasteiger partial charge in [0.25, 0.3) is 0 Å². The number of rotatable bonds is 4. The number of hydrogen-bond donors (Lipinski definition) is 1. The van der Waals surface area contributed by atoms with Gasteiger partial charge in [0.1, 0.15) is 0 Å². The molecule has 3 heteroatoms. The molecule has 1 fully saturated rings. The Balaban J connectivity index is 2.13. The quantitative estimate of drug-likeness (QED) is 0.727. The molecule has 1 N–H and O–H groups in total. The van der Waals surface area contributed by atoms with Gasteiger partial charge >= 0.3 is 0 Å². The van der Waals surface area contributed by atoms with Crippen LogP contribution in [0.5, 0.6) is 0 Å². The minimum atomic E-state index is -0.0361. The molecule has 0 aromatic heterocycles. The van der Waals surface area contributed by atoms with Gasteiger partial charge in [0.15, 0.2) is 0 Å². The van der Waals surface area contributed by atoms with E-state index in [1.54, 1.807) is 0 Å². The molecule has 0 spiro atoms. The first-order valence-corrected chi connectivity index (χ1v) is 5.88. The van der Waals surface area contributed by atoms with Gasteiger partial charge in [0.05, 0.1) is 18.8 Å². The molecule has 0 amide bonds. The highest BCUT2D eigenvalue weighted by molar-refractivity contribution is 4.85. The molecule has 1 unspecified atom stereocenters. The summed E-state index contributed by atoms with van der Waals surface area (Å²) in [7, 11) is 0. The zero-order valence-corrected chi connectivity index (χ0v) is 10.6. The zero-order chi connectivity index (χ0) is 11.4. The van der Waals surface area contributed by atoms with E-state index in [2.05, 4.69) is 33.0 Å². The maximum Gasteiger partial charge on any atom is 0.0645 e. The summed E-state index contributed by atoms with van der Waals surface area (Å²) in [6.45, 7) is 11.9. The van der Waals surface area contributed by atoms with Crippen LogP contribution in [0.15, 0.2) is 0 Å². The van der Waals surface area contributed by atoms with E-state index in [-0.39, 0.29) is 11.1 Å². The van der Waals surface area contributed by atoms with Gasteiger partial charge in [-0.3, -0.25) is 0 Å². The molecule has 1 rings (SSSR count). The second-order valence-corrected chi connectivity index (χ2v) is 5.60. The molecule has 1 heterocycles.